The number of ether oxygens (including phenoxy) is 1. The fourth-order valence-corrected chi connectivity index (χ4v) is 4.05. The molecule has 3 nitrogen and oxygen atoms in total. The third kappa shape index (κ3) is 3.75. The van der Waals surface area contributed by atoms with Gasteiger partial charge in [-0.05, 0) is 18.1 Å². The summed E-state index contributed by atoms with van der Waals surface area (Å²) in [4.78, 5) is 13.0. The number of thiocarbonyl (C=S) groups is 1. The Morgan fingerprint density at radius 1 is 1.19 bits per heavy atom. The smallest absolute Gasteiger partial charge is 0.167 e. The van der Waals surface area contributed by atoms with E-state index in [1.807, 2.05) is 18.2 Å². The molecule has 0 radical (unpaired) electrons. The van der Waals surface area contributed by atoms with E-state index in [0.717, 1.165) is 0 Å². The zero-order valence-electron chi connectivity index (χ0n) is 14.4. The average Bonchev–Trinajstić information content (AvgIpc) is 3.05. The van der Waals surface area contributed by atoms with Crippen LogP contribution in [0.4, 0.5) is 4.39 Å². The topological polar surface area (TPSA) is 46.5 Å². The van der Waals surface area contributed by atoms with Crippen LogP contribution in [0, 0.1) is 11.7 Å². The summed E-state index contributed by atoms with van der Waals surface area (Å²) in [5.41, 5.74) is 0.357. The molecular weight excluding hydrogens is 351 g/mol. The predicted octanol–water partition coefficient (Wildman–Crippen LogP) is 3.74. The molecule has 1 saturated heterocycles. The first-order valence-electron chi connectivity index (χ1n) is 8.60. The molecule has 0 bridgehead atoms. The van der Waals surface area contributed by atoms with E-state index >= 15 is 0 Å². The van der Waals surface area contributed by atoms with Crippen LogP contribution in [0.3, 0.4) is 0 Å². The van der Waals surface area contributed by atoms with Gasteiger partial charge in [0.1, 0.15) is 5.82 Å². The maximum absolute atomic E-state index is 14.5. The predicted molar refractivity (Wildman–Crippen MR) is 102 cm³/mol. The monoisotopic (exact) mass is 372 g/mol. The third-order valence-electron chi connectivity index (χ3n) is 5.06. The second-order valence-electron chi connectivity index (χ2n) is 6.71. The van der Waals surface area contributed by atoms with E-state index < -0.39 is 5.41 Å². The minimum Gasteiger partial charge on any atom is -0.396 e. The number of hydrogen-bond acceptors (Lipinski definition) is 4. The van der Waals surface area contributed by atoms with Gasteiger partial charge in [0, 0.05) is 34.8 Å². The molecule has 0 aliphatic carbocycles. The maximum atomic E-state index is 14.5. The molecule has 5 heteroatoms. The minimum absolute atomic E-state index is 0.0567. The molecule has 1 heterocycles. The number of carbonyl (C=O) groups is 1. The number of benzene rings is 2. The molecule has 1 aliphatic rings. The normalized spacial score (nSPS) is 22.3. The van der Waals surface area contributed by atoms with Crippen molar-refractivity contribution in [3.05, 3.63) is 71.5 Å². The molecule has 2 atom stereocenters. The fourth-order valence-electron chi connectivity index (χ4n) is 3.66. The first kappa shape index (κ1) is 18.8. The summed E-state index contributed by atoms with van der Waals surface area (Å²) in [6.07, 6.45) is 0.445. The van der Waals surface area contributed by atoms with Crippen LogP contribution >= 0.6 is 12.2 Å². The molecule has 0 aromatic heterocycles. The SMILES string of the molecule is O=C(CC(=S)C[C@@]1(c2ccccc2F)COC[C@H]1CO)c1ccccc1. The van der Waals surface area contributed by atoms with Gasteiger partial charge >= 0.3 is 0 Å². The lowest BCUT2D eigenvalue weighted by Gasteiger charge is -2.34. The van der Waals surface area contributed by atoms with Crippen molar-refractivity contribution in [1.29, 1.82) is 0 Å². The van der Waals surface area contributed by atoms with Gasteiger partial charge in [0.05, 0.1) is 13.2 Å². The van der Waals surface area contributed by atoms with Gasteiger partial charge in [-0.1, -0.05) is 60.7 Å². The first-order chi connectivity index (χ1) is 12.6. The molecule has 1 fully saturated rings. The van der Waals surface area contributed by atoms with Crippen molar-refractivity contribution in [3.8, 4) is 0 Å². The van der Waals surface area contributed by atoms with E-state index in [2.05, 4.69) is 0 Å². The molecule has 136 valence electrons. The van der Waals surface area contributed by atoms with Crippen molar-refractivity contribution in [2.45, 2.75) is 18.3 Å². The Kier molecular flexibility index (Phi) is 5.91. The molecule has 0 unspecified atom stereocenters. The van der Waals surface area contributed by atoms with Crippen LogP contribution in [-0.2, 0) is 10.2 Å². The van der Waals surface area contributed by atoms with Crippen LogP contribution in [0.2, 0.25) is 0 Å². The number of hydrogen-bond donors (Lipinski definition) is 1. The summed E-state index contributed by atoms with van der Waals surface area (Å²) in [5, 5.41) is 9.81. The standard InChI is InChI=1S/C21H21FO3S/c22-19-9-5-4-8-18(19)21(14-25-13-16(21)12-23)11-17(26)10-20(24)15-6-2-1-3-7-15/h1-9,16,23H,10-14H2/t16-,21-/m1/s1. The largest absolute Gasteiger partial charge is 0.396 e. The van der Waals surface area contributed by atoms with Crippen molar-refractivity contribution >= 4 is 22.9 Å². The van der Waals surface area contributed by atoms with Crippen LogP contribution in [0.1, 0.15) is 28.8 Å². The Balaban J connectivity index is 1.84. The molecular formula is C21H21FO3S. The maximum Gasteiger partial charge on any atom is 0.167 e. The fraction of sp³-hybridized carbons (Fsp3) is 0.333. The van der Waals surface area contributed by atoms with E-state index in [9.17, 15) is 14.3 Å². The first-order valence-corrected chi connectivity index (χ1v) is 9.01. The number of aliphatic hydroxyl groups is 1. The van der Waals surface area contributed by atoms with Crippen molar-refractivity contribution in [3.63, 3.8) is 0 Å². The van der Waals surface area contributed by atoms with E-state index in [1.165, 1.54) is 6.07 Å². The summed E-state index contributed by atoms with van der Waals surface area (Å²) in [6.45, 7) is 0.502. The van der Waals surface area contributed by atoms with Crippen LogP contribution in [0.5, 0.6) is 0 Å². The molecule has 2 aromatic rings. The van der Waals surface area contributed by atoms with E-state index in [1.54, 1.807) is 30.3 Å². The molecule has 0 spiro atoms. The molecule has 0 amide bonds. The Bertz CT molecular complexity index is 793. The zero-order valence-corrected chi connectivity index (χ0v) is 15.2. The van der Waals surface area contributed by atoms with Gasteiger partial charge in [0.15, 0.2) is 5.78 Å². The highest BCUT2D eigenvalue weighted by Crippen LogP contribution is 2.42. The van der Waals surface area contributed by atoms with Crippen LogP contribution in [0.25, 0.3) is 0 Å². The molecule has 26 heavy (non-hydrogen) atoms. The van der Waals surface area contributed by atoms with Crippen molar-refractivity contribution in [2.24, 2.45) is 5.92 Å². The van der Waals surface area contributed by atoms with Gasteiger partial charge in [-0.15, -0.1) is 0 Å². The van der Waals surface area contributed by atoms with Gasteiger partial charge in [-0.25, -0.2) is 4.39 Å². The van der Waals surface area contributed by atoms with Crippen molar-refractivity contribution in [1.82, 2.24) is 0 Å². The van der Waals surface area contributed by atoms with E-state index in [0.29, 0.717) is 29.0 Å². The average molecular weight is 372 g/mol. The van der Waals surface area contributed by atoms with Crippen LogP contribution in [-0.4, -0.2) is 35.6 Å². The Morgan fingerprint density at radius 3 is 2.58 bits per heavy atom. The van der Waals surface area contributed by atoms with Crippen LogP contribution < -0.4 is 0 Å². The lowest BCUT2D eigenvalue weighted by Crippen LogP contribution is -2.39. The van der Waals surface area contributed by atoms with Crippen LogP contribution in [0.15, 0.2) is 54.6 Å². The number of ketones is 1. The Labute approximate surface area is 157 Å². The Hall–Kier alpha value is -1.95. The number of Topliss-reactive ketones (excluding diaryl/α,β-unsaturated/α-hetero) is 1. The highest BCUT2D eigenvalue weighted by Gasteiger charge is 2.47. The van der Waals surface area contributed by atoms with E-state index in [4.69, 9.17) is 17.0 Å². The molecule has 3 rings (SSSR count). The Morgan fingerprint density at radius 2 is 1.88 bits per heavy atom. The van der Waals surface area contributed by atoms with Gasteiger partial charge in [-0.3, -0.25) is 4.79 Å². The zero-order chi connectivity index (χ0) is 18.6. The number of halogens is 1. The summed E-state index contributed by atoms with van der Waals surface area (Å²) in [5.74, 6) is -0.656. The molecule has 2 aromatic carbocycles. The summed E-state index contributed by atoms with van der Waals surface area (Å²) in [7, 11) is 0. The van der Waals surface area contributed by atoms with Crippen molar-refractivity contribution in [2.75, 3.05) is 19.8 Å². The number of carbonyl (C=O) groups excluding carboxylic acids is 1. The van der Waals surface area contributed by atoms with Gasteiger partial charge in [-0.2, -0.15) is 0 Å². The molecule has 0 saturated carbocycles. The van der Waals surface area contributed by atoms with Gasteiger partial charge < -0.3 is 9.84 Å². The molecule has 1 N–H and O–H groups in total. The number of rotatable bonds is 7. The summed E-state index contributed by atoms with van der Waals surface area (Å²) >= 11 is 5.50. The highest BCUT2D eigenvalue weighted by molar-refractivity contribution is 7.80. The van der Waals surface area contributed by atoms with Gasteiger partial charge in [0.2, 0.25) is 0 Å². The summed E-state index contributed by atoms with van der Waals surface area (Å²) in [6, 6.07) is 15.5. The third-order valence-corrected chi connectivity index (χ3v) is 5.35. The number of aliphatic hydroxyl groups excluding tert-OH is 1. The van der Waals surface area contributed by atoms with Crippen molar-refractivity contribution < 1.29 is 19.0 Å². The van der Waals surface area contributed by atoms with E-state index in [-0.39, 0.29) is 37.2 Å². The minimum atomic E-state index is -0.742. The second kappa shape index (κ2) is 8.16. The summed E-state index contributed by atoms with van der Waals surface area (Å²) < 4.78 is 20.1. The lowest BCUT2D eigenvalue weighted by atomic mass is 9.69. The quantitative estimate of drug-likeness (QED) is 0.594. The molecule has 1 aliphatic heterocycles. The highest BCUT2D eigenvalue weighted by atomic mass is 32.1. The second-order valence-corrected chi connectivity index (χ2v) is 7.29. The van der Waals surface area contributed by atoms with Gasteiger partial charge in [0.25, 0.3) is 0 Å². The lowest BCUT2D eigenvalue weighted by molar-refractivity contribution is 0.1000.